The van der Waals surface area contributed by atoms with Crippen LogP contribution in [0.2, 0.25) is 0 Å². The highest BCUT2D eigenvalue weighted by atomic mass is 16.6. The summed E-state index contributed by atoms with van der Waals surface area (Å²) < 4.78 is 17.2. The third-order valence-electron chi connectivity index (χ3n) is 10.4. The van der Waals surface area contributed by atoms with Gasteiger partial charge in [-0.25, -0.2) is 0 Å². The number of hydrogen-bond donors (Lipinski definition) is 0. The Bertz CT molecular complexity index is 1150. The van der Waals surface area contributed by atoms with Crippen LogP contribution >= 0.6 is 0 Å². The van der Waals surface area contributed by atoms with Crippen molar-refractivity contribution >= 4 is 17.9 Å². The lowest BCUT2D eigenvalue weighted by atomic mass is 10.0. The first-order valence-corrected chi connectivity index (χ1v) is 23.8. The number of carboxylic acid groups (broad SMARTS) is 1. The van der Waals surface area contributed by atoms with E-state index in [-0.39, 0.29) is 42.7 Å². The Morgan fingerprint density at radius 3 is 1.51 bits per heavy atom. The molecule has 0 radical (unpaired) electrons. The largest absolute Gasteiger partial charge is 0.544 e. The second kappa shape index (κ2) is 41.8. The molecule has 0 aliphatic carbocycles. The molecule has 8 heteroatoms. The molecule has 0 saturated heterocycles. The number of aliphatic carboxylic acids is 1. The van der Waals surface area contributed by atoms with E-state index in [4.69, 9.17) is 14.2 Å². The van der Waals surface area contributed by atoms with E-state index in [1.54, 1.807) is 21.1 Å². The maximum Gasteiger partial charge on any atom is 0.306 e. The number of likely N-dealkylation sites (N-methyl/N-ethyl adjacent to an activating group) is 1. The number of carbonyl (C=O) groups is 3. The van der Waals surface area contributed by atoms with Gasteiger partial charge in [0.1, 0.15) is 12.6 Å². The first-order valence-electron chi connectivity index (χ1n) is 23.8. The van der Waals surface area contributed by atoms with E-state index in [2.05, 4.69) is 74.6 Å². The molecule has 2 atom stereocenters. The van der Waals surface area contributed by atoms with Gasteiger partial charge in [0, 0.05) is 19.3 Å². The highest BCUT2D eigenvalue weighted by molar-refractivity contribution is 5.70. The van der Waals surface area contributed by atoms with Crippen LogP contribution in [0.1, 0.15) is 194 Å². The van der Waals surface area contributed by atoms with Gasteiger partial charge in [-0.2, -0.15) is 0 Å². The fraction of sp³-hybridized carbons (Fsp3) is 0.745. The molecule has 0 saturated carbocycles. The number of esters is 2. The van der Waals surface area contributed by atoms with E-state index in [9.17, 15) is 19.5 Å². The van der Waals surface area contributed by atoms with Crippen LogP contribution in [0, 0.1) is 0 Å². The third kappa shape index (κ3) is 40.2. The summed E-state index contributed by atoms with van der Waals surface area (Å²) in [6.07, 6.45) is 51.0. The van der Waals surface area contributed by atoms with Gasteiger partial charge in [0.25, 0.3) is 0 Å². The van der Waals surface area contributed by atoms with E-state index in [1.807, 2.05) is 0 Å². The molecule has 0 bridgehead atoms. The summed E-state index contributed by atoms with van der Waals surface area (Å²) in [4.78, 5) is 36.9. The van der Waals surface area contributed by atoms with Crippen molar-refractivity contribution in [3.63, 3.8) is 0 Å². The Morgan fingerprint density at radius 1 is 0.542 bits per heavy atom. The third-order valence-corrected chi connectivity index (χ3v) is 10.4. The van der Waals surface area contributed by atoms with Crippen LogP contribution in [0.15, 0.2) is 60.8 Å². The zero-order valence-corrected chi connectivity index (χ0v) is 38.7. The normalized spacial score (nSPS) is 13.4. The Morgan fingerprint density at radius 2 is 1.00 bits per heavy atom. The van der Waals surface area contributed by atoms with Crippen molar-refractivity contribution in [1.29, 1.82) is 0 Å². The van der Waals surface area contributed by atoms with Crippen LogP contribution in [0.5, 0.6) is 0 Å². The lowest BCUT2D eigenvalue weighted by Crippen LogP contribution is -2.55. The van der Waals surface area contributed by atoms with Crippen LogP contribution in [0.25, 0.3) is 0 Å². The molecule has 0 aromatic rings. The number of hydrogen-bond acceptors (Lipinski definition) is 7. The summed E-state index contributed by atoms with van der Waals surface area (Å²) in [5.41, 5.74) is 0. The molecular formula is C51H89NO7. The molecule has 340 valence electrons. The molecule has 0 aliphatic rings. The van der Waals surface area contributed by atoms with Gasteiger partial charge in [0.2, 0.25) is 0 Å². The maximum absolute atomic E-state index is 12.8. The van der Waals surface area contributed by atoms with Crippen LogP contribution in [0.4, 0.5) is 0 Å². The number of ether oxygens (including phenoxy) is 3. The van der Waals surface area contributed by atoms with Gasteiger partial charge in [0.05, 0.1) is 40.3 Å². The van der Waals surface area contributed by atoms with E-state index < -0.39 is 18.1 Å². The molecular weight excluding hydrogens is 739 g/mol. The number of carboxylic acids is 1. The molecule has 2 unspecified atom stereocenters. The minimum atomic E-state index is -1.13. The molecule has 0 rings (SSSR count). The van der Waals surface area contributed by atoms with Gasteiger partial charge >= 0.3 is 11.9 Å². The van der Waals surface area contributed by atoms with Gasteiger partial charge in [-0.1, -0.05) is 164 Å². The predicted octanol–water partition coefficient (Wildman–Crippen LogP) is 12.0. The monoisotopic (exact) mass is 828 g/mol. The molecule has 0 N–H and O–H groups in total. The van der Waals surface area contributed by atoms with Crippen molar-refractivity contribution in [1.82, 2.24) is 0 Å². The van der Waals surface area contributed by atoms with Crippen molar-refractivity contribution in [2.45, 2.75) is 206 Å². The van der Waals surface area contributed by atoms with Crippen molar-refractivity contribution < 1.29 is 38.2 Å². The Kier molecular flexibility index (Phi) is 39.6. The average molecular weight is 828 g/mol. The molecule has 0 aromatic carbocycles. The highest BCUT2D eigenvalue weighted by Gasteiger charge is 2.25. The topological polar surface area (TPSA) is 102 Å². The summed E-state index contributed by atoms with van der Waals surface area (Å²) >= 11 is 0. The standard InChI is InChI=1S/C51H89NO7/c1-6-8-10-12-14-16-18-20-22-23-24-25-26-28-30-32-34-36-38-40-42-50(54)59-47(45-57-44-43-48(51(55)56)52(3,4)5)46-58-49(53)41-39-37-35-33-31-29-27-21-19-17-15-13-11-9-7-2/h8,10,14-17,19-22,47-48H,6-7,9,11-13,18,23-46H2,1-5H3/b10-8+,16-14+,17-15+,21-19+,22-20+. The first-order chi connectivity index (χ1) is 28.6. The van der Waals surface area contributed by atoms with Crippen molar-refractivity contribution in [2.75, 3.05) is 41.0 Å². The second-order valence-electron chi connectivity index (χ2n) is 17.0. The van der Waals surface area contributed by atoms with E-state index >= 15 is 0 Å². The fourth-order valence-electron chi connectivity index (χ4n) is 6.72. The van der Waals surface area contributed by atoms with Crippen LogP contribution in [-0.2, 0) is 28.6 Å². The van der Waals surface area contributed by atoms with Gasteiger partial charge in [-0.05, 0) is 70.6 Å². The van der Waals surface area contributed by atoms with E-state index in [0.717, 1.165) is 77.0 Å². The van der Waals surface area contributed by atoms with Crippen molar-refractivity contribution in [3.05, 3.63) is 60.8 Å². The number of nitrogens with zero attached hydrogens (tertiary/aromatic N) is 1. The quantitative estimate of drug-likeness (QED) is 0.0198. The van der Waals surface area contributed by atoms with Gasteiger partial charge < -0.3 is 28.6 Å². The van der Waals surface area contributed by atoms with Crippen molar-refractivity contribution in [3.8, 4) is 0 Å². The average Bonchev–Trinajstić information content (AvgIpc) is 3.19. The summed E-state index contributed by atoms with van der Waals surface area (Å²) in [7, 11) is 5.40. The van der Waals surface area contributed by atoms with Crippen LogP contribution < -0.4 is 5.11 Å². The lowest BCUT2D eigenvalue weighted by molar-refractivity contribution is -0.889. The summed E-state index contributed by atoms with van der Waals surface area (Å²) in [5, 5.41) is 11.6. The Hall–Kier alpha value is -2.97. The van der Waals surface area contributed by atoms with Crippen molar-refractivity contribution in [2.24, 2.45) is 0 Å². The zero-order valence-electron chi connectivity index (χ0n) is 38.7. The summed E-state index contributed by atoms with van der Waals surface area (Å²) in [6.45, 7) is 4.51. The maximum atomic E-state index is 12.8. The van der Waals surface area contributed by atoms with Crippen LogP contribution in [0.3, 0.4) is 0 Å². The Balaban J connectivity index is 4.30. The second-order valence-corrected chi connectivity index (χ2v) is 17.0. The number of quaternary nitrogens is 1. The van der Waals surface area contributed by atoms with Crippen LogP contribution in [-0.4, -0.2) is 75.5 Å². The molecule has 8 nitrogen and oxygen atoms in total. The fourth-order valence-corrected chi connectivity index (χ4v) is 6.72. The Labute approximate surface area is 362 Å². The zero-order chi connectivity index (χ0) is 43.5. The SMILES string of the molecule is CC/C=C/C/C=C/C/C=C/CCCCCCCCCCCCC(=O)OC(COCCC(C(=O)[O-])[N+](C)(C)C)COC(=O)CCCCCCCC/C=C/C=C/CCCCC. The molecule has 0 fully saturated rings. The lowest BCUT2D eigenvalue weighted by Gasteiger charge is -2.34. The van der Waals surface area contributed by atoms with Gasteiger partial charge in [-0.3, -0.25) is 9.59 Å². The predicted molar refractivity (Wildman–Crippen MR) is 245 cm³/mol. The molecule has 0 aromatic heterocycles. The summed E-state index contributed by atoms with van der Waals surface area (Å²) in [6, 6.07) is -0.730. The highest BCUT2D eigenvalue weighted by Crippen LogP contribution is 2.14. The molecule has 0 spiro atoms. The van der Waals surface area contributed by atoms with E-state index in [1.165, 1.54) is 83.5 Å². The smallest absolute Gasteiger partial charge is 0.306 e. The van der Waals surface area contributed by atoms with E-state index in [0.29, 0.717) is 12.8 Å². The minimum absolute atomic E-state index is 0.0338. The molecule has 0 heterocycles. The number of unbranched alkanes of at least 4 members (excludes halogenated alkanes) is 19. The van der Waals surface area contributed by atoms with Gasteiger partial charge in [0.15, 0.2) is 6.10 Å². The number of rotatable bonds is 42. The minimum Gasteiger partial charge on any atom is -0.544 e. The number of allylic oxidation sites excluding steroid dienone is 10. The first kappa shape index (κ1) is 56.0. The molecule has 0 amide bonds. The molecule has 0 aliphatic heterocycles. The summed E-state index contributed by atoms with van der Waals surface area (Å²) in [5.74, 6) is -1.76. The number of carbonyl (C=O) groups excluding carboxylic acids is 3. The van der Waals surface area contributed by atoms with Gasteiger partial charge in [-0.15, -0.1) is 0 Å². The molecule has 59 heavy (non-hydrogen) atoms.